The molecule has 3 aliphatic heterocycles. The van der Waals surface area contributed by atoms with E-state index in [0.717, 1.165) is 35.6 Å². The van der Waals surface area contributed by atoms with Crippen molar-refractivity contribution in [3.63, 3.8) is 0 Å². The molecule has 0 aromatic heterocycles. The van der Waals surface area contributed by atoms with Gasteiger partial charge in [-0.1, -0.05) is 51.5 Å². The Balaban J connectivity index is 1.31. The quantitative estimate of drug-likeness (QED) is 0.298. The summed E-state index contributed by atoms with van der Waals surface area (Å²) in [6.45, 7) is 4.40. The third-order valence-corrected chi connectivity index (χ3v) is 9.30. The first-order chi connectivity index (χ1) is 18.6. The summed E-state index contributed by atoms with van der Waals surface area (Å²) in [6.07, 6.45) is 11.3. The second-order valence-corrected chi connectivity index (χ2v) is 12.4. The van der Waals surface area contributed by atoms with Gasteiger partial charge in [0.2, 0.25) is 10.0 Å². The molecule has 1 aromatic rings. The maximum atomic E-state index is 13.0. The van der Waals surface area contributed by atoms with Gasteiger partial charge in [-0.15, -0.1) is 0 Å². The van der Waals surface area contributed by atoms with Crippen LogP contribution in [-0.4, -0.2) is 61.6 Å². The fraction of sp³-hybridized carbons (Fsp3) is 0.571. The van der Waals surface area contributed by atoms with Crippen LogP contribution in [0.4, 0.5) is 10.5 Å². The fourth-order valence-electron chi connectivity index (χ4n) is 5.32. The van der Waals surface area contributed by atoms with Crippen LogP contribution in [0.1, 0.15) is 82.3 Å². The first kappa shape index (κ1) is 28.9. The Morgan fingerprint density at radius 3 is 2.36 bits per heavy atom. The highest BCUT2D eigenvalue weighted by Crippen LogP contribution is 2.32. The van der Waals surface area contributed by atoms with Crippen LogP contribution in [0.3, 0.4) is 0 Å². The van der Waals surface area contributed by atoms with Crippen molar-refractivity contribution in [2.24, 2.45) is 4.99 Å². The van der Waals surface area contributed by atoms with Crippen LogP contribution in [0.5, 0.6) is 0 Å². The number of anilines is 1. The molecule has 0 radical (unpaired) electrons. The number of amidine groups is 1. The Morgan fingerprint density at radius 2 is 1.72 bits per heavy atom. The number of carbonyl (C=O) groups is 3. The molecule has 0 unspecified atom stereocenters. The lowest BCUT2D eigenvalue weighted by molar-refractivity contribution is -0.125. The molecule has 2 fully saturated rings. The van der Waals surface area contributed by atoms with Crippen LogP contribution in [0, 0.1) is 6.92 Å². The van der Waals surface area contributed by atoms with Crippen molar-refractivity contribution in [1.82, 2.24) is 14.9 Å². The molecular weight excluding hydrogens is 518 g/mol. The predicted octanol–water partition coefficient (Wildman–Crippen LogP) is 3.86. The molecule has 2 N–H and O–H groups in total. The monoisotopic (exact) mass is 557 g/mol. The Bertz CT molecular complexity index is 1250. The van der Waals surface area contributed by atoms with E-state index in [1.54, 1.807) is 25.1 Å². The van der Waals surface area contributed by atoms with Crippen molar-refractivity contribution < 1.29 is 22.8 Å². The molecule has 4 amide bonds. The van der Waals surface area contributed by atoms with Gasteiger partial charge in [0.05, 0.1) is 12.2 Å². The molecule has 2 saturated heterocycles. The summed E-state index contributed by atoms with van der Waals surface area (Å²) in [7, 11) is -3.70. The summed E-state index contributed by atoms with van der Waals surface area (Å²) in [4.78, 5) is 42.5. The molecule has 0 aliphatic carbocycles. The first-order valence-corrected chi connectivity index (χ1v) is 15.5. The minimum absolute atomic E-state index is 0.0393. The minimum atomic E-state index is -3.70. The fourth-order valence-corrected chi connectivity index (χ4v) is 6.50. The Kier molecular flexibility index (Phi) is 9.22. The van der Waals surface area contributed by atoms with Crippen molar-refractivity contribution in [3.05, 3.63) is 34.7 Å². The van der Waals surface area contributed by atoms with Gasteiger partial charge >= 0.3 is 6.03 Å². The number of aryl methyl sites for hydroxylation is 1. The topological polar surface area (TPSA) is 128 Å². The highest BCUT2D eigenvalue weighted by Gasteiger charge is 2.46. The standard InChI is InChI=1S/C28H39N5O5S/c1-3-4-5-6-7-8-9-10-24-30-26(35)28(31-24)14-16-32(17-15-28)39(37,38)18-13-22-11-12-23(19-21(22)2)33-25(34)20-29-27(33)36/h11-13,18-19H,3-10,14-17,20H2,1-2H3,(H,29,36)(H,30,31,35)/b18-13+. The van der Waals surface area contributed by atoms with Gasteiger partial charge in [-0.3, -0.25) is 14.6 Å². The molecule has 1 aromatic carbocycles. The normalized spacial score (nSPS) is 19.7. The smallest absolute Gasteiger partial charge is 0.328 e. The summed E-state index contributed by atoms with van der Waals surface area (Å²) in [6, 6.07) is 4.51. The van der Waals surface area contributed by atoms with Crippen LogP contribution in [0.25, 0.3) is 6.08 Å². The maximum absolute atomic E-state index is 13.0. The number of benzene rings is 1. The van der Waals surface area contributed by atoms with Gasteiger partial charge in [0.1, 0.15) is 11.4 Å². The number of hydrogen-bond acceptors (Lipinski definition) is 6. The number of urea groups is 1. The number of imide groups is 1. The van der Waals surface area contributed by atoms with E-state index < -0.39 is 21.6 Å². The molecule has 11 heteroatoms. The summed E-state index contributed by atoms with van der Waals surface area (Å²) < 4.78 is 27.5. The number of unbranched alkanes of at least 4 members (excludes halogenated alkanes) is 6. The number of hydrogen-bond donors (Lipinski definition) is 2. The molecule has 39 heavy (non-hydrogen) atoms. The molecule has 4 rings (SSSR count). The Labute approximate surface area is 231 Å². The van der Waals surface area contributed by atoms with E-state index in [1.807, 2.05) is 0 Å². The van der Waals surface area contributed by atoms with Gasteiger partial charge < -0.3 is 10.6 Å². The lowest BCUT2D eigenvalue weighted by atomic mass is 9.89. The van der Waals surface area contributed by atoms with Crippen molar-refractivity contribution >= 4 is 45.5 Å². The van der Waals surface area contributed by atoms with Crippen molar-refractivity contribution in [2.45, 2.75) is 83.6 Å². The minimum Gasteiger partial charge on any atom is -0.328 e. The van der Waals surface area contributed by atoms with Crippen molar-refractivity contribution in [1.29, 1.82) is 0 Å². The number of sulfonamides is 1. The first-order valence-electron chi connectivity index (χ1n) is 13.9. The van der Waals surface area contributed by atoms with Gasteiger partial charge in [-0.25, -0.2) is 18.1 Å². The Hall–Kier alpha value is -3.05. The van der Waals surface area contributed by atoms with E-state index in [1.165, 1.54) is 47.9 Å². The second kappa shape index (κ2) is 12.4. The lowest BCUT2D eigenvalue weighted by Gasteiger charge is -2.34. The molecule has 10 nitrogen and oxygen atoms in total. The summed E-state index contributed by atoms with van der Waals surface area (Å²) in [5.41, 5.74) is 0.973. The second-order valence-electron chi connectivity index (χ2n) is 10.6. The number of amides is 4. The average Bonchev–Trinajstić information content (AvgIpc) is 3.40. The zero-order chi connectivity index (χ0) is 28.0. The number of aliphatic imine (C=N–C) groups is 1. The summed E-state index contributed by atoms with van der Waals surface area (Å²) >= 11 is 0. The largest absolute Gasteiger partial charge is 0.329 e. The molecule has 212 valence electrons. The third-order valence-electron chi connectivity index (χ3n) is 7.73. The van der Waals surface area contributed by atoms with Gasteiger partial charge in [0.15, 0.2) is 0 Å². The molecule has 0 atom stereocenters. The molecule has 0 saturated carbocycles. The third kappa shape index (κ3) is 6.75. The molecule has 0 bridgehead atoms. The maximum Gasteiger partial charge on any atom is 0.329 e. The van der Waals surface area contributed by atoms with Crippen LogP contribution < -0.4 is 15.5 Å². The summed E-state index contributed by atoms with van der Waals surface area (Å²) in [5, 5.41) is 6.59. The van der Waals surface area contributed by atoms with E-state index in [0.29, 0.717) is 24.1 Å². The number of nitrogens with one attached hydrogen (secondary N) is 2. The van der Waals surface area contributed by atoms with Gasteiger partial charge in [0.25, 0.3) is 11.8 Å². The van der Waals surface area contributed by atoms with Gasteiger partial charge in [-0.05, 0) is 55.5 Å². The van der Waals surface area contributed by atoms with E-state index in [9.17, 15) is 22.8 Å². The molecule has 1 spiro atoms. The van der Waals surface area contributed by atoms with E-state index in [-0.39, 0.29) is 31.4 Å². The van der Waals surface area contributed by atoms with Crippen molar-refractivity contribution in [3.8, 4) is 0 Å². The van der Waals surface area contributed by atoms with E-state index >= 15 is 0 Å². The number of piperidine rings is 1. The SMILES string of the molecule is CCCCCCCCCC1=NC2(CCN(S(=O)(=O)/C=C/c3ccc(N4C(=O)CNC4=O)cc3C)CC2)C(=O)N1. The van der Waals surface area contributed by atoms with Gasteiger partial charge in [-0.2, -0.15) is 4.31 Å². The molecule has 3 aliphatic rings. The van der Waals surface area contributed by atoms with E-state index in [2.05, 4.69) is 17.6 Å². The van der Waals surface area contributed by atoms with Gasteiger partial charge in [0, 0.05) is 24.9 Å². The van der Waals surface area contributed by atoms with Crippen LogP contribution in [0.15, 0.2) is 28.6 Å². The number of rotatable bonds is 12. The molecule has 3 heterocycles. The lowest BCUT2D eigenvalue weighted by Crippen LogP contribution is -2.50. The number of nitrogens with zero attached hydrogens (tertiary/aromatic N) is 3. The van der Waals surface area contributed by atoms with E-state index in [4.69, 9.17) is 4.99 Å². The number of carbonyl (C=O) groups excluding carboxylic acids is 3. The Morgan fingerprint density at radius 1 is 1.03 bits per heavy atom. The van der Waals surface area contributed by atoms with Crippen LogP contribution in [0.2, 0.25) is 0 Å². The zero-order valence-corrected chi connectivity index (χ0v) is 23.7. The zero-order valence-electron chi connectivity index (χ0n) is 22.9. The average molecular weight is 558 g/mol. The van der Waals surface area contributed by atoms with Crippen LogP contribution >= 0.6 is 0 Å². The van der Waals surface area contributed by atoms with Crippen LogP contribution in [-0.2, 0) is 19.6 Å². The highest BCUT2D eigenvalue weighted by molar-refractivity contribution is 7.92. The predicted molar refractivity (Wildman–Crippen MR) is 152 cm³/mol. The van der Waals surface area contributed by atoms with Crippen molar-refractivity contribution in [2.75, 3.05) is 24.5 Å². The molecular formula is C28H39N5O5S. The highest BCUT2D eigenvalue weighted by atomic mass is 32.2. The summed E-state index contributed by atoms with van der Waals surface area (Å²) in [5.74, 6) is 0.282.